The van der Waals surface area contributed by atoms with Gasteiger partial charge < -0.3 is 9.88 Å². The summed E-state index contributed by atoms with van der Waals surface area (Å²) in [6.45, 7) is 2.84. The van der Waals surface area contributed by atoms with E-state index in [2.05, 4.69) is 9.97 Å². The number of nitrogens with one attached hydrogen (secondary N) is 1. The van der Waals surface area contributed by atoms with Crippen molar-refractivity contribution in [2.75, 3.05) is 23.7 Å². The molecule has 1 N–H and O–H groups in total. The van der Waals surface area contributed by atoms with Crippen LogP contribution in [0.3, 0.4) is 0 Å². The number of benzene rings is 2. The molecule has 0 aliphatic carbocycles. The van der Waals surface area contributed by atoms with Crippen LogP contribution in [0.25, 0.3) is 10.9 Å². The van der Waals surface area contributed by atoms with Gasteiger partial charge in [0.2, 0.25) is 10.0 Å². The van der Waals surface area contributed by atoms with Crippen LogP contribution in [-0.4, -0.2) is 48.5 Å². The maximum Gasteiger partial charge on any atom is 0.258 e. The molecule has 9 heteroatoms. The van der Waals surface area contributed by atoms with Crippen LogP contribution in [0.5, 0.6) is 0 Å². The van der Waals surface area contributed by atoms with Crippen molar-refractivity contribution in [1.82, 2.24) is 14.9 Å². The number of H-pyrrole nitrogens is 1. The van der Waals surface area contributed by atoms with E-state index in [0.717, 1.165) is 5.56 Å². The minimum atomic E-state index is -3.34. The van der Waals surface area contributed by atoms with Crippen molar-refractivity contribution >= 4 is 32.5 Å². The van der Waals surface area contributed by atoms with E-state index in [1.807, 2.05) is 13.0 Å². The van der Waals surface area contributed by atoms with E-state index in [9.17, 15) is 18.0 Å². The molecule has 1 aliphatic heterocycles. The zero-order chi connectivity index (χ0) is 21.5. The van der Waals surface area contributed by atoms with Gasteiger partial charge in [-0.3, -0.25) is 13.9 Å². The number of hydrogen-bond donors (Lipinski definition) is 1. The van der Waals surface area contributed by atoms with Crippen molar-refractivity contribution in [3.05, 3.63) is 69.8 Å². The molecule has 2 aromatic carbocycles. The summed E-state index contributed by atoms with van der Waals surface area (Å²) in [6, 6.07) is 12.1. The molecule has 0 unspecified atom stereocenters. The topological polar surface area (TPSA) is 103 Å². The average Bonchev–Trinajstić information content (AvgIpc) is 3.15. The van der Waals surface area contributed by atoms with E-state index < -0.39 is 10.0 Å². The van der Waals surface area contributed by atoms with Crippen molar-refractivity contribution < 1.29 is 13.2 Å². The molecule has 0 bridgehead atoms. The second-order valence-electron chi connectivity index (χ2n) is 7.28. The average molecular weight is 426 g/mol. The Hall–Kier alpha value is -3.20. The van der Waals surface area contributed by atoms with Gasteiger partial charge in [0.15, 0.2) is 0 Å². The summed E-state index contributed by atoms with van der Waals surface area (Å²) >= 11 is 0. The summed E-state index contributed by atoms with van der Waals surface area (Å²) in [6.07, 6.45) is 1.74. The first kappa shape index (κ1) is 20.1. The molecular formula is C21H22N4O4S. The molecule has 1 aliphatic rings. The smallest absolute Gasteiger partial charge is 0.258 e. The molecule has 0 saturated heterocycles. The first-order valence-electron chi connectivity index (χ1n) is 9.66. The van der Waals surface area contributed by atoms with Gasteiger partial charge in [-0.1, -0.05) is 12.1 Å². The van der Waals surface area contributed by atoms with E-state index in [-0.39, 0.29) is 18.0 Å². The predicted octanol–water partition coefficient (Wildman–Crippen LogP) is 1.91. The number of fused-ring (bicyclic) bond motifs is 2. The number of rotatable bonds is 5. The summed E-state index contributed by atoms with van der Waals surface area (Å²) in [5, 5.41) is 0.504. The zero-order valence-electron chi connectivity index (χ0n) is 16.8. The number of anilines is 1. The Morgan fingerprint density at radius 2 is 2.00 bits per heavy atom. The number of carbonyl (C=O) groups is 1. The molecular weight excluding hydrogens is 404 g/mol. The molecule has 0 spiro atoms. The predicted molar refractivity (Wildman–Crippen MR) is 115 cm³/mol. The highest BCUT2D eigenvalue weighted by Crippen LogP contribution is 2.31. The van der Waals surface area contributed by atoms with Crippen molar-refractivity contribution in [3.8, 4) is 0 Å². The van der Waals surface area contributed by atoms with Crippen LogP contribution in [-0.2, 0) is 23.0 Å². The summed E-state index contributed by atoms with van der Waals surface area (Å²) in [4.78, 5) is 34.2. The Morgan fingerprint density at radius 1 is 1.23 bits per heavy atom. The van der Waals surface area contributed by atoms with Crippen LogP contribution in [0.15, 0.2) is 47.3 Å². The lowest BCUT2D eigenvalue weighted by atomic mass is 10.1. The maximum atomic E-state index is 13.1. The number of aromatic nitrogens is 2. The lowest BCUT2D eigenvalue weighted by Crippen LogP contribution is -2.32. The number of sulfonamides is 1. The van der Waals surface area contributed by atoms with Gasteiger partial charge in [-0.15, -0.1) is 0 Å². The van der Waals surface area contributed by atoms with Gasteiger partial charge in [-0.25, -0.2) is 13.4 Å². The van der Waals surface area contributed by atoms with E-state index in [4.69, 9.17) is 0 Å². The molecule has 1 aromatic heterocycles. The SMILES string of the molecule is CCN(Cc1nc2ccccc2c(=O)[nH]1)C(=O)c1ccc2c(c1)CCN2S(C)(=O)=O. The third-order valence-corrected chi connectivity index (χ3v) is 6.43. The van der Waals surface area contributed by atoms with E-state index in [1.165, 1.54) is 10.6 Å². The Kier molecular flexibility index (Phi) is 5.07. The van der Waals surface area contributed by atoms with Crippen molar-refractivity contribution in [2.45, 2.75) is 19.9 Å². The van der Waals surface area contributed by atoms with Crippen molar-refractivity contribution in [3.63, 3.8) is 0 Å². The third kappa shape index (κ3) is 3.68. The Bertz CT molecular complexity index is 1300. The lowest BCUT2D eigenvalue weighted by molar-refractivity contribution is 0.0748. The van der Waals surface area contributed by atoms with Crippen LogP contribution >= 0.6 is 0 Å². The van der Waals surface area contributed by atoms with Gasteiger partial charge in [0.05, 0.1) is 29.4 Å². The van der Waals surface area contributed by atoms with Gasteiger partial charge in [0.25, 0.3) is 11.5 Å². The fourth-order valence-electron chi connectivity index (χ4n) is 3.75. The minimum absolute atomic E-state index is 0.169. The summed E-state index contributed by atoms with van der Waals surface area (Å²) in [5.74, 6) is 0.215. The molecule has 0 atom stereocenters. The number of amides is 1. The lowest BCUT2D eigenvalue weighted by Gasteiger charge is -2.21. The van der Waals surface area contributed by atoms with Crippen molar-refractivity contribution in [2.24, 2.45) is 0 Å². The highest BCUT2D eigenvalue weighted by atomic mass is 32.2. The van der Waals surface area contributed by atoms with E-state index in [0.29, 0.717) is 47.5 Å². The molecule has 4 rings (SSSR count). The van der Waals surface area contributed by atoms with Crippen LogP contribution in [0.4, 0.5) is 5.69 Å². The quantitative estimate of drug-likeness (QED) is 0.671. The second kappa shape index (κ2) is 7.56. The van der Waals surface area contributed by atoms with Crippen LogP contribution in [0, 0.1) is 0 Å². The van der Waals surface area contributed by atoms with Gasteiger partial charge >= 0.3 is 0 Å². The largest absolute Gasteiger partial charge is 0.331 e. The number of hydrogen-bond acceptors (Lipinski definition) is 5. The van der Waals surface area contributed by atoms with Crippen LogP contribution in [0.2, 0.25) is 0 Å². The first-order valence-corrected chi connectivity index (χ1v) is 11.5. The van der Waals surface area contributed by atoms with Crippen molar-refractivity contribution in [1.29, 1.82) is 0 Å². The molecule has 3 aromatic rings. The Labute approximate surface area is 174 Å². The molecule has 30 heavy (non-hydrogen) atoms. The zero-order valence-corrected chi connectivity index (χ0v) is 17.6. The number of para-hydroxylation sites is 1. The van der Waals surface area contributed by atoms with Gasteiger partial charge in [-0.05, 0) is 49.2 Å². The number of nitrogens with zero attached hydrogens (tertiary/aromatic N) is 3. The van der Waals surface area contributed by atoms with Gasteiger partial charge in [0.1, 0.15) is 5.82 Å². The highest BCUT2D eigenvalue weighted by Gasteiger charge is 2.27. The summed E-state index contributed by atoms with van der Waals surface area (Å²) in [5.41, 5.74) is 2.28. The highest BCUT2D eigenvalue weighted by molar-refractivity contribution is 7.92. The molecule has 8 nitrogen and oxygen atoms in total. The van der Waals surface area contributed by atoms with Crippen LogP contribution < -0.4 is 9.86 Å². The summed E-state index contributed by atoms with van der Waals surface area (Å²) in [7, 11) is -3.34. The normalized spacial score (nSPS) is 13.5. The summed E-state index contributed by atoms with van der Waals surface area (Å²) < 4.78 is 25.2. The second-order valence-corrected chi connectivity index (χ2v) is 9.18. The molecule has 156 valence electrons. The minimum Gasteiger partial charge on any atom is -0.331 e. The van der Waals surface area contributed by atoms with Gasteiger partial charge in [-0.2, -0.15) is 0 Å². The number of carbonyl (C=O) groups excluding carboxylic acids is 1. The maximum absolute atomic E-state index is 13.1. The number of aromatic amines is 1. The van der Waals surface area contributed by atoms with E-state index in [1.54, 1.807) is 41.3 Å². The molecule has 0 fully saturated rings. The third-order valence-electron chi connectivity index (χ3n) is 5.25. The molecule has 0 radical (unpaired) electrons. The van der Waals surface area contributed by atoms with Crippen LogP contribution in [0.1, 0.15) is 28.7 Å². The molecule has 0 saturated carbocycles. The fourth-order valence-corrected chi connectivity index (χ4v) is 4.71. The Balaban J connectivity index is 1.60. The molecule has 2 heterocycles. The molecule has 1 amide bonds. The van der Waals surface area contributed by atoms with E-state index >= 15 is 0 Å². The Morgan fingerprint density at radius 3 is 2.73 bits per heavy atom. The standard InChI is InChI=1S/C21H22N4O4S/c1-3-24(13-19-22-17-7-5-4-6-16(17)20(26)23-19)21(27)15-8-9-18-14(12-15)10-11-25(18)30(2,28)29/h4-9,12H,3,10-11,13H2,1-2H3,(H,22,23,26). The monoisotopic (exact) mass is 426 g/mol. The van der Waals surface area contributed by atoms with Gasteiger partial charge in [0, 0.05) is 18.7 Å². The first-order chi connectivity index (χ1) is 14.3. The fraction of sp³-hybridized carbons (Fsp3) is 0.286.